The average molecular weight is 386 g/mol. The van der Waals surface area contributed by atoms with Crippen molar-refractivity contribution in [2.75, 3.05) is 0 Å². The van der Waals surface area contributed by atoms with Gasteiger partial charge in [0.2, 0.25) is 0 Å². The summed E-state index contributed by atoms with van der Waals surface area (Å²) in [4.78, 5) is 11.0. The molecule has 3 aromatic carbocycles. The minimum Gasteiger partial charge on any atom is -0.508 e. The van der Waals surface area contributed by atoms with Gasteiger partial charge in [-0.15, -0.1) is 0 Å². The Balaban J connectivity index is 1.51. The summed E-state index contributed by atoms with van der Waals surface area (Å²) in [6, 6.07) is 19.9. The van der Waals surface area contributed by atoms with Gasteiger partial charge in [0.25, 0.3) is 0 Å². The lowest BCUT2D eigenvalue weighted by Gasteiger charge is -2.02. The second kappa shape index (κ2) is 9.42. The van der Waals surface area contributed by atoms with Crippen LogP contribution in [0.2, 0.25) is 0 Å². The van der Waals surface area contributed by atoms with E-state index in [0.717, 1.165) is 35.1 Å². The maximum absolute atomic E-state index is 11.0. The molecule has 0 heterocycles. The number of phenols is 2. The number of allylic oxidation sites excluding steroid dienone is 2. The fraction of sp³-hybridized carbons (Fsp3) is 0.0800. The second-order valence-corrected chi connectivity index (χ2v) is 6.63. The summed E-state index contributed by atoms with van der Waals surface area (Å²) in [6.45, 7) is 0. The van der Waals surface area contributed by atoms with Gasteiger partial charge in [-0.2, -0.15) is 0 Å². The molecule has 0 spiro atoms. The standard InChI is InChI=1S/C25H22O4/c26-22-14-12-21(13-15-22)20-10-7-18(8-11-20)5-3-1-2-4-6-19-9-16-24(27)23(17-19)25(28)29/h3-17,26-27H,1-2H2,(H,28,29)/b5-3+,6-4+. The van der Waals surface area contributed by atoms with Crippen LogP contribution in [-0.4, -0.2) is 21.3 Å². The third kappa shape index (κ3) is 5.59. The van der Waals surface area contributed by atoms with E-state index < -0.39 is 5.97 Å². The lowest BCUT2D eigenvalue weighted by molar-refractivity contribution is 0.0693. The van der Waals surface area contributed by atoms with E-state index in [1.165, 1.54) is 12.1 Å². The first-order valence-corrected chi connectivity index (χ1v) is 9.32. The van der Waals surface area contributed by atoms with Crippen LogP contribution in [-0.2, 0) is 0 Å². The molecule has 4 heteroatoms. The number of unbranched alkanes of at least 4 members (excludes halogenated alkanes) is 1. The van der Waals surface area contributed by atoms with Crippen LogP contribution in [0.5, 0.6) is 11.5 Å². The van der Waals surface area contributed by atoms with Gasteiger partial charge < -0.3 is 15.3 Å². The van der Waals surface area contributed by atoms with Crippen LogP contribution in [0.4, 0.5) is 0 Å². The Morgan fingerprint density at radius 3 is 1.83 bits per heavy atom. The summed E-state index contributed by atoms with van der Waals surface area (Å²) in [6.07, 6.45) is 9.69. The van der Waals surface area contributed by atoms with E-state index in [0.29, 0.717) is 0 Å². The van der Waals surface area contributed by atoms with Gasteiger partial charge in [0.05, 0.1) is 0 Å². The fourth-order valence-corrected chi connectivity index (χ4v) is 2.90. The third-order valence-electron chi connectivity index (χ3n) is 4.48. The van der Waals surface area contributed by atoms with Crippen molar-refractivity contribution in [3.05, 3.63) is 95.6 Å². The highest BCUT2D eigenvalue weighted by molar-refractivity contribution is 5.91. The van der Waals surface area contributed by atoms with Crippen LogP contribution in [0.15, 0.2) is 78.9 Å². The summed E-state index contributed by atoms with van der Waals surface area (Å²) < 4.78 is 0. The summed E-state index contributed by atoms with van der Waals surface area (Å²) in [7, 11) is 0. The van der Waals surface area contributed by atoms with Gasteiger partial charge in [-0.3, -0.25) is 0 Å². The highest BCUT2D eigenvalue weighted by Gasteiger charge is 2.08. The molecule has 3 aromatic rings. The Hall–Kier alpha value is -3.79. The molecule has 0 aliphatic rings. The first-order valence-electron chi connectivity index (χ1n) is 9.32. The predicted octanol–water partition coefficient (Wildman–Crippen LogP) is 5.97. The summed E-state index contributed by atoms with van der Waals surface area (Å²) in [5.74, 6) is -1.11. The lowest BCUT2D eigenvalue weighted by Crippen LogP contribution is -1.96. The molecule has 0 bridgehead atoms. The number of hydrogen-bond acceptors (Lipinski definition) is 3. The van der Waals surface area contributed by atoms with Crippen molar-refractivity contribution >= 4 is 18.1 Å². The van der Waals surface area contributed by atoms with Gasteiger partial charge in [-0.1, -0.05) is 66.8 Å². The fourth-order valence-electron chi connectivity index (χ4n) is 2.90. The molecule has 0 saturated heterocycles. The molecule has 0 aliphatic carbocycles. The number of carbonyl (C=O) groups is 1. The van der Waals surface area contributed by atoms with E-state index in [1.807, 2.05) is 24.3 Å². The predicted molar refractivity (Wildman–Crippen MR) is 116 cm³/mol. The zero-order chi connectivity index (χ0) is 20.6. The van der Waals surface area contributed by atoms with Crippen LogP contribution in [0.3, 0.4) is 0 Å². The zero-order valence-electron chi connectivity index (χ0n) is 15.8. The van der Waals surface area contributed by atoms with E-state index >= 15 is 0 Å². The largest absolute Gasteiger partial charge is 0.508 e. The molecule has 0 radical (unpaired) electrons. The molecule has 4 nitrogen and oxygen atoms in total. The Labute approximate surface area is 169 Å². The number of rotatable bonds is 7. The van der Waals surface area contributed by atoms with Crippen LogP contribution in [0, 0.1) is 0 Å². The summed E-state index contributed by atoms with van der Waals surface area (Å²) >= 11 is 0. The Morgan fingerprint density at radius 2 is 1.24 bits per heavy atom. The Kier molecular flexibility index (Phi) is 6.48. The van der Waals surface area contributed by atoms with Gasteiger partial charge >= 0.3 is 5.97 Å². The molecular formula is C25H22O4. The normalized spacial score (nSPS) is 11.3. The van der Waals surface area contributed by atoms with Crippen molar-refractivity contribution in [1.29, 1.82) is 0 Å². The van der Waals surface area contributed by atoms with Crippen molar-refractivity contribution in [2.45, 2.75) is 12.8 Å². The van der Waals surface area contributed by atoms with Crippen molar-refractivity contribution in [3.63, 3.8) is 0 Å². The maximum atomic E-state index is 11.0. The highest BCUT2D eigenvalue weighted by atomic mass is 16.4. The van der Waals surface area contributed by atoms with Crippen molar-refractivity contribution < 1.29 is 20.1 Å². The highest BCUT2D eigenvalue weighted by Crippen LogP contribution is 2.23. The van der Waals surface area contributed by atoms with Crippen molar-refractivity contribution in [1.82, 2.24) is 0 Å². The molecular weight excluding hydrogens is 364 g/mol. The van der Waals surface area contributed by atoms with E-state index in [4.69, 9.17) is 5.11 Å². The number of carboxylic acid groups (broad SMARTS) is 1. The lowest BCUT2D eigenvalue weighted by atomic mass is 10.0. The van der Waals surface area contributed by atoms with Crippen molar-refractivity contribution in [2.24, 2.45) is 0 Å². The smallest absolute Gasteiger partial charge is 0.339 e. The summed E-state index contributed by atoms with van der Waals surface area (Å²) in [5, 5.41) is 27.9. The molecule has 29 heavy (non-hydrogen) atoms. The molecule has 0 aliphatic heterocycles. The molecule has 0 aromatic heterocycles. The van der Waals surface area contributed by atoms with Crippen molar-refractivity contribution in [3.8, 4) is 22.6 Å². The quantitative estimate of drug-likeness (QED) is 0.437. The third-order valence-corrected chi connectivity index (χ3v) is 4.48. The van der Waals surface area contributed by atoms with Crippen LogP contribution < -0.4 is 0 Å². The van der Waals surface area contributed by atoms with Gasteiger partial charge in [-0.25, -0.2) is 4.79 Å². The monoisotopic (exact) mass is 386 g/mol. The molecule has 0 atom stereocenters. The SMILES string of the molecule is O=C(O)c1cc(/C=C/CC/C=C/c2ccc(-c3ccc(O)cc3)cc2)ccc1O. The average Bonchev–Trinajstić information content (AvgIpc) is 2.72. The number of phenolic OH excluding ortho intramolecular Hbond substituents is 1. The number of aromatic carboxylic acids is 1. The maximum Gasteiger partial charge on any atom is 0.339 e. The molecule has 0 amide bonds. The van der Waals surface area contributed by atoms with Crippen LogP contribution >= 0.6 is 0 Å². The second-order valence-electron chi connectivity index (χ2n) is 6.63. The van der Waals surface area contributed by atoms with Gasteiger partial charge in [-0.05, 0) is 59.4 Å². The molecule has 0 saturated carbocycles. The number of aromatic hydroxyl groups is 2. The first-order chi connectivity index (χ1) is 14.0. The van der Waals surface area contributed by atoms with Gasteiger partial charge in [0.15, 0.2) is 0 Å². The minimum atomic E-state index is -1.14. The van der Waals surface area contributed by atoms with E-state index in [2.05, 4.69) is 36.4 Å². The topological polar surface area (TPSA) is 77.8 Å². The molecule has 3 rings (SSSR count). The first kappa shape index (κ1) is 20.0. The van der Waals surface area contributed by atoms with Crippen LogP contribution in [0.1, 0.15) is 34.3 Å². The number of hydrogen-bond donors (Lipinski definition) is 3. The Bertz CT molecular complexity index is 1030. The van der Waals surface area contributed by atoms with E-state index in [-0.39, 0.29) is 17.1 Å². The molecule has 0 fully saturated rings. The number of carboxylic acids is 1. The van der Waals surface area contributed by atoms with Crippen LogP contribution in [0.25, 0.3) is 23.3 Å². The van der Waals surface area contributed by atoms with Gasteiger partial charge in [0, 0.05) is 0 Å². The van der Waals surface area contributed by atoms with Gasteiger partial charge in [0.1, 0.15) is 17.1 Å². The molecule has 0 unspecified atom stereocenters. The molecule has 146 valence electrons. The molecule has 3 N–H and O–H groups in total. The van der Waals surface area contributed by atoms with E-state index in [1.54, 1.807) is 18.2 Å². The Morgan fingerprint density at radius 1 is 0.724 bits per heavy atom. The summed E-state index contributed by atoms with van der Waals surface area (Å²) in [5.41, 5.74) is 3.92. The van der Waals surface area contributed by atoms with E-state index in [9.17, 15) is 15.0 Å². The minimum absolute atomic E-state index is 0.0946. The zero-order valence-corrected chi connectivity index (χ0v) is 15.8. The number of benzene rings is 3.